The van der Waals surface area contributed by atoms with Crippen molar-refractivity contribution in [3.8, 4) is 0 Å². The largest absolute Gasteiger partial charge is 0.397 e. The number of nitrogens with one attached hydrogen (secondary N) is 1. The van der Waals surface area contributed by atoms with Gasteiger partial charge in [-0.1, -0.05) is 30.3 Å². The minimum atomic E-state index is -0.0106. The number of thiophene rings is 1. The number of likely N-dealkylation sites (tertiary alicyclic amines) is 1. The summed E-state index contributed by atoms with van der Waals surface area (Å²) < 4.78 is 5.67. The zero-order chi connectivity index (χ0) is 17.2. The maximum atomic E-state index is 12.7. The van der Waals surface area contributed by atoms with Crippen molar-refractivity contribution in [2.75, 3.05) is 31.1 Å². The number of carbonyl (C=O) groups excluding carboxylic acids is 1. The van der Waals surface area contributed by atoms with Crippen LogP contribution in [0.1, 0.15) is 28.1 Å². The first-order valence-electron chi connectivity index (χ1n) is 8.48. The number of fused-ring (bicyclic) bond motifs is 1. The summed E-state index contributed by atoms with van der Waals surface area (Å²) in [5, 5.41) is 0.982. The number of quaternary nitrogens is 1. The monoisotopic (exact) mass is 390 g/mol. The molecule has 0 bridgehead atoms. The number of hydrogen-bond donors (Lipinski definition) is 2. The second kappa shape index (κ2) is 7.45. The number of nitrogens with zero attached hydrogens (tertiary/aromatic N) is 1. The molecule has 1 fully saturated rings. The Morgan fingerprint density at radius 3 is 2.76 bits per heavy atom. The maximum Gasteiger partial charge on any atom is 0.205 e. The molecular formula is C18H20N3OS3+. The molecule has 0 saturated carbocycles. The van der Waals surface area contributed by atoms with Crippen molar-refractivity contribution in [1.29, 1.82) is 0 Å². The van der Waals surface area contributed by atoms with Crippen molar-refractivity contribution in [2.24, 2.45) is 0 Å². The number of nitrogens with two attached hydrogens (primary N) is 1. The van der Waals surface area contributed by atoms with Gasteiger partial charge in [0.25, 0.3) is 0 Å². The molecule has 1 aliphatic heterocycles. The second-order valence-corrected chi connectivity index (χ2v) is 9.38. The van der Waals surface area contributed by atoms with Gasteiger partial charge < -0.3 is 10.6 Å². The lowest BCUT2D eigenvalue weighted by Crippen LogP contribution is -3.10. The number of ketones is 1. The van der Waals surface area contributed by atoms with Crippen molar-refractivity contribution in [1.82, 2.24) is 4.37 Å². The SMILES string of the molecule is Nc1c(C(=O)c2ccccc2)sc2nsc(SCC[NH+]3CCCC3)c12. The number of carbonyl (C=O) groups is 1. The number of anilines is 1. The summed E-state index contributed by atoms with van der Waals surface area (Å²) >= 11 is 4.75. The molecule has 7 heteroatoms. The van der Waals surface area contributed by atoms with Gasteiger partial charge in [-0.15, -0.1) is 23.1 Å². The topological polar surface area (TPSA) is 60.4 Å². The zero-order valence-corrected chi connectivity index (χ0v) is 16.2. The Morgan fingerprint density at radius 1 is 1.24 bits per heavy atom. The van der Waals surface area contributed by atoms with Gasteiger partial charge in [-0.05, 0) is 11.5 Å². The van der Waals surface area contributed by atoms with E-state index >= 15 is 0 Å². The summed E-state index contributed by atoms with van der Waals surface area (Å²) in [6, 6.07) is 9.32. The Kier molecular flexibility index (Phi) is 5.08. The highest BCUT2D eigenvalue weighted by molar-refractivity contribution is 8.01. The third-order valence-corrected chi connectivity index (χ3v) is 7.89. The molecule has 1 saturated heterocycles. The molecule has 130 valence electrons. The summed E-state index contributed by atoms with van der Waals surface area (Å²) in [7, 11) is 0. The van der Waals surface area contributed by atoms with Crippen molar-refractivity contribution < 1.29 is 9.69 Å². The standard InChI is InChI=1S/C18H19N3OS3/c19-14-13-17(24-16(14)15(22)12-6-2-1-3-7-12)20-25-18(13)23-11-10-21-8-4-5-9-21/h1-3,6-7H,4-5,8-11,19H2/p+1. The van der Waals surface area contributed by atoms with Crippen LogP contribution in [0, 0.1) is 0 Å². The fraction of sp³-hybridized carbons (Fsp3) is 0.333. The third kappa shape index (κ3) is 3.46. The molecule has 0 spiro atoms. The molecule has 0 unspecified atom stereocenters. The van der Waals surface area contributed by atoms with Crippen LogP contribution in [-0.4, -0.2) is 35.5 Å². The van der Waals surface area contributed by atoms with E-state index in [2.05, 4.69) is 4.37 Å². The smallest absolute Gasteiger partial charge is 0.205 e. The van der Waals surface area contributed by atoms with Crippen molar-refractivity contribution >= 4 is 56.3 Å². The Morgan fingerprint density at radius 2 is 2.00 bits per heavy atom. The van der Waals surface area contributed by atoms with Gasteiger partial charge >= 0.3 is 0 Å². The predicted octanol–water partition coefficient (Wildman–Crippen LogP) is 2.94. The van der Waals surface area contributed by atoms with Gasteiger partial charge in [0.1, 0.15) is 9.71 Å². The Hall–Kier alpha value is -1.41. The Labute approximate surface area is 159 Å². The number of hydrogen-bond acceptors (Lipinski definition) is 6. The highest BCUT2D eigenvalue weighted by Crippen LogP contribution is 2.42. The van der Waals surface area contributed by atoms with Crippen LogP contribution in [0.25, 0.3) is 10.2 Å². The summed E-state index contributed by atoms with van der Waals surface area (Å²) in [5.74, 6) is 1.06. The second-order valence-electron chi connectivity index (χ2n) is 6.25. The summed E-state index contributed by atoms with van der Waals surface area (Å²) in [6.45, 7) is 3.79. The van der Waals surface area contributed by atoms with E-state index in [1.165, 1.54) is 55.3 Å². The first-order chi connectivity index (χ1) is 12.2. The van der Waals surface area contributed by atoms with Gasteiger partial charge in [-0.25, -0.2) is 0 Å². The highest BCUT2D eigenvalue weighted by atomic mass is 32.2. The molecule has 3 N–H and O–H groups in total. The molecule has 0 radical (unpaired) electrons. The number of rotatable bonds is 6. The van der Waals surface area contributed by atoms with Crippen LogP contribution in [0.15, 0.2) is 34.5 Å². The molecule has 0 atom stereocenters. The molecule has 0 amide bonds. The fourth-order valence-electron chi connectivity index (χ4n) is 3.22. The first-order valence-corrected chi connectivity index (χ1v) is 11.1. The zero-order valence-electron chi connectivity index (χ0n) is 13.8. The average molecular weight is 391 g/mol. The summed E-state index contributed by atoms with van der Waals surface area (Å²) in [5.41, 5.74) is 7.62. The lowest BCUT2D eigenvalue weighted by molar-refractivity contribution is -0.884. The molecule has 1 aromatic carbocycles. The molecule has 4 nitrogen and oxygen atoms in total. The molecule has 2 aromatic heterocycles. The first kappa shape index (κ1) is 17.0. The van der Waals surface area contributed by atoms with Crippen molar-refractivity contribution in [3.63, 3.8) is 0 Å². The van der Waals surface area contributed by atoms with Crippen molar-refractivity contribution in [3.05, 3.63) is 40.8 Å². The predicted molar refractivity (Wildman–Crippen MR) is 107 cm³/mol. The molecule has 25 heavy (non-hydrogen) atoms. The summed E-state index contributed by atoms with van der Waals surface area (Å²) in [4.78, 5) is 15.9. The molecule has 1 aliphatic rings. The third-order valence-electron chi connectivity index (χ3n) is 4.58. The van der Waals surface area contributed by atoms with Crippen LogP contribution < -0.4 is 10.6 Å². The quantitative estimate of drug-likeness (QED) is 0.502. The number of aromatic nitrogens is 1. The molecular weight excluding hydrogens is 370 g/mol. The van der Waals surface area contributed by atoms with Gasteiger partial charge in [0.05, 0.1) is 34.9 Å². The van der Waals surface area contributed by atoms with Gasteiger partial charge in [0.15, 0.2) is 0 Å². The summed E-state index contributed by atoms with van der Waals surface area (Å²) in [6.07, 6.45) is 2.71. The van der Waals surface area contributed by atoms with Crippen LogP contribution in [0.4, 0.5) is 5.69 Å². The van der Waals surface area contributed by atoms with Crippen molar-refractivity contribution in [2.45, 2.75) is 17.1 Å². The number of benzene rings is 1. The van der Waals surface area contributed by atoms with Gasteiger partial charge in [0, 0.05) is 24.2 Å². The normalized spacial score (nSPS) is 15.2. The lowest BCUT2D eigenvalue weighted by atomic mass is 10.1. The minimum absolute atomic E-state index is 0.0106. The van der Waals surface area contributed by atoms with E-state index in [4.69, 9.17) is 5.73 Å². The van der Waals surface area contributed by atoms with E-state index in [-0.39, 0.29) is 5.78 Å². The minimum Gasteiger partial charge on any atom is -0.397 e. The highest BCUT2D eigenvalue weighted by Gasteiger charge is 2.23. The molecule has 3 aromatic rings. The number of nitrogen functional groups attached to an aromatic ring is 1. The van der Waals surface area contributed by atoms with E-state index in [1.807, 2.05) is 42.1 Å². The van der Waals surface area contributed by atoms with E-state index in [0.29, 0.717) is 16.1 Å². The molecule has 0 aliphatic carbocycles. The van der Waals surface area contributed by atoms with Crippen LogP contribution >= 0.6 is 34.6 Å². The van der Waals surface area contributed by atoms with E-state index < -0.39 is 0 Å². The van der Waals surface area contributed by atoms with E-state index in [9.17, 15) is 4.79 Å². The van der Waals surface area contributed by atoms with Gasteiger partial charge in [0.2, 0.25) is 5.78 Å². The maximum absolute atomic E-state index is 12.7. The van der Waals surface area contributed by atoms with Crippen LogP contribution in [-0.2, 0) is 0 Å². The van der Waals surface area contributed by atoms with Crippen LogP contribution in [0.3, 0.4) is 0 Å². The lowest BCUT2D eigenvalue weighted by Gasteiger charge is -2.10. The average Bonchev–Trinajstić information content (AvgIpc) is 3.35. The Bertz CT molecular complexity index is 882. The van der Waals surface area contributed by atoms with Gasteiger partial charge in [-0.3, -0.25) is 4.79 Å². The number of thioether (sulfide) groups is 1. The van der Waals surface area contributed by atoms with Gasteiger partial charge in [-0.2, -0.15) is 4.37 Å². The van der Waals surface area contributed by atoms with Crippen LogP contribution in [0.5, 0.6) is 0 Å². The molecule has 4 rings (SSSR count). The fourth-order valence-corrected chi connectivity index (χ4v) is 6.60. The molecule has 3 heterocycles. The van der Waals surface area contributed by atoms with Crippen LogP contribution in [0.2, 0.25) is 0 Å². The van der Waals surface area contributed by atoms with E-state index in [1.54, 1.807) is 4.90 Å². The van der Waals surface area contributed by atoms with E-state index in [0.717, 1.165) is 20.2 Å². The Balaban J connectivity index is 1.54.